The Balaban J connectivity index is 1.89. The first-order valence-electron chi connectivity index (χ1n) is 7.68. The summed E-state index contributed by atoms with van der Waals surface area (Å²) in [7, 11) is 0. The van der Waals surface area contributed by atoms with Gasteiger partial charge in [-0.05, 0) is 49.6 Å². The van der Waals surface area contributed by atoms with Crippen LogP contribution in [0.4, 0.5) is 5.69 Å². The first kappa shape index (κ1) is 15.9. The molecule has 0 unspecified atom stereocenters. The lowest BCUT2D eigenvalue weighted by Crippen LogP contribution is -2.11. The molecule has 2 aromatic carbocycles. The molecule has 120 valence electrons. The van der Waals surface area contributed by atoms with Crippen LogP contribution in [0.2, 0.25) is 0 Å². The molecule has 1 heterocycles. The van der Waals surface area contributed by atoms with E-state index in [1.807, 2.05) is 24.3 Å². The molecular weight excluding hydrogens is 354 g/mol. The number of halogens is 1. The molecule has 0 fully saturated rings. The summed E-state index contributed by atoms with van der Waals surface area (Å²) in [5, 5.41) is 3.62. The Morgan fingerprint density at radius 3 is 2.61 bits per heavy atom. The fourth-order valence-electron chi connectivity index (χ4n) is 2.63. The zero-order valence-corrected chi connectivity index (χ0v) is 14.7. The van der Waals surface area contributed by atoms with Crippen LogP contribution >= 0.6 is 15.9 Å². The van der Waals surface area contributed by atoms with Crippen LogP contribution in [0.5, 0.6) is 11.5 Å². The average molecular weight is 374 g/mol. The van der Waals surface area contributed by atoms with Crippen LogP contribution in [-0.2, 0) is 0 Å². The van der Waals surface area contributed by atoms with E-state index in [0.717, 1.165) is 34.5 Å². The highest BCUT2D eigenvalue weighted by molar-refractivity contribution is 9.10. The Kier molecular flexibility index (Phi) is 4.91. The molecule has 0 saturated carbocycles. The van der Waals surface area contributed by atoms with Crippen LogP contribution in [0.25, 0.3) is 0 Å². The van der Waals surface area contributed by atoms with Gasteiger partial charge in [-0.15, -0.1) is 6.58 Å². The zero-order valence-electron chi connectivity index (χ0n) is 13.1. The number of rotatable bonds is 6. The van der Waals surface area contributed by atoms with Gasteiger partial charge in [-0.1, -0.05) is 39.7 Å². The van der Waals surface area contributed by atoms with Crippen molar-refractivity contribution in [2.75, 3.05) is 12.1 Å². The minimum atomic E-state index is 0.165. The van der Waals surface area contributed by atoms with Crippen LogP contribution < -0.4 is 14.8 Å². The van der Waals surface area contributed by atoms with Gasteiger partial charge in [0.2, 0.25) is 6.79 Å². The minimum absolute atomic E-state index is 0.165. The van der Waals surface area contributed by atoms with Crippen molar-refractivity contribution in [1.29, 1.82) is 0 Å². The first-order chi connectivity index (χ1) is 11.1. The van der Waals surface area contributed by atoms with Crippen LogP contribution in [0.3, 0.4) is 0 Å². The summed E-state index contributed by atoms with van der Waals surface area (Å²) in [5.41, 5.74) is 3.45. The molecule has 0 aromatic heterocycles. The molecule has 0 aliphatic carbocycles. The third kappa shape index (κ3) is 3.88. The van der Waals surface area contributed by atoms with Crippen LogP contribution in [0.15, 0.2) is 59.1 Å². The van der Waals surface area contributed by atoms with Crippen molar-refractivity contribution >= 4 is 21.6 Å². The summed E-state index contributed by atoms with van der Waals surface area (Å²) in [5.74, 6) is 1.59. The van der Waals surface area contributed by atoms with Gasteiger partial charge in [-0.25, -0.2) is 0 Å². The lowest BCUT2D eigenvalue weighted by atomic mass is 9.99. The molecule has 1 aliphatic rings. The number of hydrogen-bond acceptors (Lipinski definition) is 3. The van der Waals surface area contributed by atoms with Gasteiger partial charge in [-0.2, -0.15) is 0 Å². The topological polar surface area (TPSA) is 30.5 Å². The normalized spacial score (nSPS) is 13.7. The molecule has 1 aliphatic heterocycles. The fraction of sp³-hybridized carbons (Fsp3) is 0.263. The van der Waals surface area contributed by atoms with E-state index in [2.05, 4.69) is 52.9 Å². The summed E-state index contributed by atoms with van der Waals surface area (Å²) in [6.07, 6.45) is 1.92. The number of anilines is 1. The smallest absolute Gasteiger partial charge is 0.231 e. The number of para-hydroxylation sites is 1. The lowest BCUT2D eigenvalue weighted by Gasteiger charge is -2.22. The minimum Gasteiger partial charge on any atom is -0.454 e. The van der Waals surface area contributed by atoms with E-state index in [-0.39, 0.29) is 12.8 Å². The van der Waals surface area contributed by atoms with Crippen molar-refractivity contribution in [2.24, 2.45) is 0 Å². The molecular formula is C19H20BrNO2. The number of allylic oxidation sites excluding steroid dienone is 1. The van der Waals surface area contributed by atoms with Crippen molar-refractivity contribution in [2.45, 2.75) is 25.8 Å². The molecule has 0 spiro atoms. The molecule has 3 rings (SSSR count). The molecule has 23 heavy (non-hydrogen) atoms. The summed E-state index contributed by atoms with van der Waals surface area (Å²) in [6, 6.07) is 14.5. The maximum absolute atomic E-state index is 5.53. The molecule has 0 amide bonds. The number of ether oxygens (including phenoxy) is 2. The SMILES string of the molecule is C=C(C)CC[C@H](Nc1ccccc1)c1cc2c(cc1Br)OCO2. The van der Waals surface area contributed by atoms with Gasteiger partial charge in [0, 0.05) is 10.2 Å². The fourth-order valence-corrected chi connectivity index (χ4v) is 3.23. The van der Waals surface area contributed by atoms with Gasteiger partial charge in [0.1, 0.15) is 0 Å². The Hall–Kier alpha value is -1.94. The van der Waals surface area contributed by atoms with Gasteiger partial charge in [0.15, 0.2) is 11.5 Å². The number of benzene rings is 2. The van der Waals surface area contributed by atoms with E-state index in [9.17, 15) is 0 Å². The molecule has 0 radical (unpaired) electrons. The van der Waals surface area contributed by atoms with E-state index in [0.29, 0.717) is 0 Å². The standard InChI is InChI=1S/C19H20BrNO2/c1-13(2)8-9-17(21-14-6-4-3-5-7-14)15-10-18-19(11-16(15)20)23-12-22-18/h3-7,10-11,17,21H,1,8-9,12H2,2H3/t17-/m0/s1. The predicted molar refractivity (Wildman–Crippen MR) is 97.1 cm³/mol. The molecule has 0 saturated heterocycles. The van der Waals surface area contributed by atoms with E-state index in [1.54, 1.807) is 0 Å². The van der Waals surface area contributed by atoms with Crippen LogP contribution in [-0.4, -0.2) is 6.79 Å². The van der Waals surface area contributed by atoms with E-state index < -0.39 is 0 Å². The molecule has 4 heteroatoms. The highest BCUT2D eigenvalue weighted by atomic mass is 79.9. The third-order valence-corrected chi connectivity index (χ3v) is 4.53. The van der Waals surface area contributed by atoms with Crippen molar-refractivity contribution in [3.63, 3.8) is 0 Å². The van der Waals surface area contributed by atoms with Gasteiger partial charge >= 0.3 is 0 Å². The number of nitrogens with one attached hydrogen (secondary N) is 1. The Morgan fingerprint density at radius 1 is 1.22 bits per heavy atom. The Bertz CT molecular complexity index is 700. The van der Waals surface area contributed by atoms with E-state index in [1.165, 1.54) is 11.1 Å². The van der Waals surface area contributed by atoms with Gasteiger partial charge in [-0.3, -0.25) is 0 Å². The molecule has 1 atom stereocenters. The maximum Gasteiger partial charge on any atom is 0.231 e. The third-order valence-electron chi connectivity index (χ3n) is 3.84. The molecule has 0 bridgehead atoms. The van der Waals surface area contributed by atoms with Crippen LogP contribution in [0, 0.1) is 0 Å². The predicted octanol–water partition coefficient (Wildman–Crippen LogP) is 5.69. The van der Waals surface area contributed by atoms with Gasteiger partial charge in [0.05, 0.1) is 6.04 Å². The van der Waals surface area contributed by atoms with Gasteiger partial charge in [0.25, 0.3) is 0 Å². The highest BCUT2D eigenvalue weighted by Crippen LogP contribution is 2.41. The second-order valence-electron chi connectivity index (χ2n) is 5.79. The number of hydrogen-bond donors (Lipinski definition) is 1. The summed E-state index contributed by atoms with van der Waals surface area (Å²) >= 11 is 3.67. The Morgan fingerprint density at radius 2 is 1.91 bits per heavy atom. The quantitative estimate of drug-likeness (QED) is 0.659. The first-order valence-corrected chi connectivity index (χ1v) is 8.48. The monoisotopic (exact) mass is 373 g/mol. The molecule has 3 nitrogen and oxygen atoms in total. The lowest BCUT2D eigenvalue weighted by molar-refractivity contribution is 0.174. The van der Waals surface area contributed by atoms with Crippen molar-refractivity contribution in [3.05, 3.63) is 64.7 Å². The van der Waals surface area contributed by atoms with Crippen molar-refractivity contribution < 1.29 is 9.47 Å². The van der Waals surface area contributed by atoms with E-state index in [4.69, 9.17) is 9.47 Å². The Labute approximate surface area is 145 Å². The second kappa shape index (κ2) is 7.09. The zero-order chi connectivity index (χ0) is 16.2. The van der Waals surface area contributed by atoms with Crippen molar-refractivity contribution in [1.82, 2.24) is 0 Å². The summed E-state index contributed by atoms with van der Waals surface area (Å²) in [6.45, 7) is 6.37. The average Bonchev–Trinajstić information content (AvgIpc) is 2.98. The second-order valence-corrected chi connectivity index (χ2v) is 6.64. The van der Waals surface area contributed by atoms with Crippen LogP contribution in [0.1, 0.15) is 31.4 Å². The highest BCUT2D eigenvalue weighted by Gasteiger charge is 2.21. The number of fused-ring (bicyclic) bond motifs is 1. The largest absolute Gasteiger partial charge is 0.454 e. The molecule has 2 aromatic rings. The summed E-state index contributed by atoms with van der Waals surface area (Å²) in [4.78, 5) is 0. The molecule has 1 N–H and O–H groups in total. The van der Waals surface area contributed by atoms with Crippen molar-refractivity contribution in [3.8, 4) is 11.5 Å². The van der Waals surface area contributed by atoms with Gasteiger partial charge < -0.3 is 14.8 Å². The maximum atomic E-state index is 5.53. The summed E-state index contributed by atoms with van der Waals surface area (Å²) < 4.78 is 12.0. The van der Waals surface area contributed by atoms with E-state index >= 15 is 0 Å².